The summed E-state index contributed by atoms with van der Waals surface area (Å²) < 4.78 is 11.3. The minimum Gasteiger partial charge on any atom is -0.459 e. The van der Waals surface area contributed by atoms with Crippen molar-refractivity contribution in [1.82, 2.24) is 5.32 Å². The molecule has 0 saturated carbocycles. The van der Waals surface area contributed by atoms with Gasteiger partial charge in [-0.05, 0) is 22.0 Å². The Hall–Kier alpha value is -0.480. The fourth-order valence-electron chi connectivity index (χ4n) is 0.871. The molecule has 0 aromatic carbocycles. The Labute approximate surface area is 72.8 Å². The fraction of sp³-hybridized carbons (Fsp3) is 0.429. The van der Waals surface area contributed by atoms with E-state index in [1.165, 1.54) is 0 Å². The molecule has 1 saturated heterocycles. The number of rotatable bonds is 2. The number of furan rings is 1. The Morgan fingerprint density at radius 3 is 2.82 bits per heavy atom. The summed E-state index contributed by atoms with van der Waals surface area (Å²) in [5, 5.41) is 3.11. The molecule has 1 N–H and O–H groups in total. The normalized spacial score (nSPS) is 17.9. The predicted octanol–water partition coefficient (Wildman–Crippen LogP) is 1.39. The predicted molar refractivity (Wildman–Crippen MR) is 43.7 cm³/mol. The van der Waals surface area contributed by atoms with Gasteiger partial charge in [0.15, 0.2) is 4.67 Å². The smallest absolute Gasteiger partial charge is 0.285 e. The molecule has 0 aliphatic carbocycles. The van der Waals surface area contributed by atoms with Gasteiger partial charge in [0.25, 0.3) is 5.95 Å². The van der Waals surface area contributed by atoms with E-state index < -0.39 is 0 Å². The zero-order valence-electron chi connectivity index (χ0n) is 5.84. The lowest BCUT2D eigenvalue weighted by Crippen LogP contribution is -2.50. The maximum Gasteiger partial charge on any atom is 0.285 e. The molecule has 3 nitrogen and oxygen atoms in total. The molecular weight excluding hydrogens is 210 g/mol. The maximum absolute atomic E-state index is 5.41. The first kappa shape index (κ1) is 7.18. The Kier molecular flexibility index (Phi) is 1.87. The molecule has 0 radical (unpaired) electrons. The van der Waals surface area contributed by atoms with Crippen molar-refractivity contribution in [3.63, 3.8) is 0 Å². The van der Waals surface area contributed by atoms with Crippen LogP contribution in [0.2, 0.25) is 0 Å². The van der Waals surface area contributed by atoms with Crippen molar-refractivity contribution >= 4 is 15.9 Å². The lowest BCUT2D eigenvalue weighted by molar-refractivity contribution is 0.108. The second-order valence-electron chi connectivity index (χ2n) is 2.46. The number of nitrogens with one attached hydrogen (secondary N) is 1. The second kappa shape index (κ2) is 2.87. The van der Waals surface area contributed by atoms with Crippen LogP contribution in [0.3, 0.4) is 0 Å². The average Bonchev–Trinajstić information content (AvgIpc) is 2.27. The SMILES string of the molecule is Brc1ccc(OC2CNC2)o1. The molecule has 4 heteroatoms. The number of ether oxygens (including phenoxy) is 1. The highest BCUT2D eigenvalue weighted by Gasteiger charge is 2.19. The van der Waals surface area contributed by atoms with Crippen LogP contribution in [0, 0.1) is 0 Å². The van der Waals surface area contributed by atoms with Gasteiger partial charge >= 0.3 is 0 Å². The minimum atomic E-state index is 0.285. The first-order chi connectivity index (χ1) is 5.34. The summed E-state index contributed by atoms with van der Waals surface area (Å²) in [6.07, 6.45) is 0.285. The van der Waals surface area contributed by atoms with Gasteiger partial charge in [0.1, 0.15) is 6.10 Å². The highest BCUT2D eigenvalue weighted by molar-refractivity contribution is 9.10. The zero-order chi connectivity index (χ0) is 7.68. The largest absolute Gasteiger partial charge is 0.459 e. The van der Waals surface area contributed by atoms with Gasteiger partial charge in [-0.3, -0.25) is 0 Å². The van der Waals surface area contributed by atoms with E-state index >= 15 is 0 Å². The topological polar surface area (TPSA) is 34.4 Å². The third kappa shape index (κ3) is 1.57. The lowest BCUT2D eigenvalue weighted by atomic mass is 10.2. The van der Waals surface area contributed by atoms with E-state index in [-0.39, 0.29) is 6.10 Å². The molecule has 0 spiro atoms. The first-order valence-corrected chi connectivity index (χ1v) is 4.26. The minimum absolute atomic E-state index is 0.285. The standard InChI is InChI=1S/C7H8BrNO2/c8-6-1-2-7(11-6)10-5-3-9-4-5/h1-2,5,9H,3-4H2. The summed E-state index contributed by atoms with van der Waals surface area (Å²) in [6, 6.07) is 3.63. The molecule has 0 unspecified atom stereocenters. The summed E-state index contributed by atoms with van der Waals surface area (Å²) in [7, 11) is 0. The van der Waals surface area contributed by atoms with Gasteiger partial charge in [-0.25, -0.2) is 0 Å². The van der Waals surface area contributed by atoms with Crippen LogP contribution in [-0.2, 0) is 0 Å². The van der Waals surface area contributed by atoms with Gasteiger partial charge in [-0.2, -0.15) is 0 Å². The quantitative estimate of drug-likeness (QED) is 0.814. The second-order valence-corrected chi connectivity index (χ2v) is 3.24. The Bertz CT molecular complexity index is 244. The summed E-state index contributed by atoms with van der Waals surface area (Å²) in [4.78, 5) is 0. The molecule has 0 bridgehead atoms. The van der Waals surface area contributed by atoms with Crippen molar-refractivity contribution < 1.29 is 9.15 Å². The summed E-state index contributed by atoms with van der Waals surface area (Å²) >= 11 is 3.20. The highest BCUT2D eigenvalue weighted by atomic mass is 79.9. The third-order valence-electron chi connectivity index (χ3n) is 1.58. The van der Waals surface area contributed by atoms with Crippen LogP contribution in [0.25, 0.3) is 0 Å². The number of hydrogen-bond acceptors (Lipinski definition) is 3. The number of halogens is 1. The van der Waals surface area contributed by atoms with Crippen LogP contribution < -0.4 is 10.1 Å². The van der Waals surface area contributed by atoms with Gasteiger partial charge in [0, 0.05) is 19.2 Å². The van der Waals surface area contributed by atoms with Crippen LogP contribution >= 0.6 is 15.9 Å². The van der Waals surface area contributed by atoms with E-state index in [0.29, 0.717) is 10.6 Å². The van der Waals surface area contributed by atoms with Crippen molar-refractivity contribution in [2.45, 2.75) is 6.10 Å². The molecule has 60 valence electrons. The van der Waals surface area contributed by atoms with Crippen LogP contribution in [0.4, 0.5) is 0 Å². The Morgan fingerprint density at radius 1 is 1.55 bits per heavy atom. The summed E-state index contributed by atoms with van der Waals surface area (Å²) in [5.41, 5.74) is 0. The Balaban J connectivity index is 1.95. The van der Waals surface area contributed by atoms with E-state index in [2.05, 4.69) is 21.2 Å². The zero-order valence-corrected chi connectivity index (χ0v) is 7.43. The van der Waals surface area contributed by atoms with E-state index in [4.69, 9.17) is 9.15 Å². The average molecular weight is 218 g/mol. The van der Waals surface area contributed by atoms with E-state index in [0.717, 1.165) is 13.1 Å². The van der Waals surface area contributed by atoms with Gasteiger partial charge in [0.2, 0.25) is 0 Å². The van der Waals surface area contributed by atoms with Gasteiger partial charge in [-0.15, -0.1) is 0 Å². The van der Waals surface area contributed by atoms with E-state index in [1.807, 2.05) is 12.1 Å². The monoisotopic (exact) mass is 217 g/mol. The Morgan fingerprint density at radius 2 is 2.36 bits per heavy atom. The van der Waals surface area contributed by atoms with Crippen molar-refractivity contribution in [1.29, 1.82) is 0 Å². The molecule has 2 rings (SSSR count). The van der Waals surface area contributed by atoms with Crippen LogP contribution in [0.15, 0.2) is 21.2 Å². The third-order valence-corrected chi connectivity index (χ3v) is 2.00. The van der Waals surface area contributed by atoms with Crippen LogP contribution in [-0.4, -0.2) is 19.2 Å². The van der Waals surface area contributed by atoms with Crippen molar-refractivity contribution in [2.24, 2.45) is 0 Å². The van der Waals surface area contributed by atoms with Gasteiger partial charge < -0.3 is 14.5 Å². The molecule has 0 atom stereocenters. The van der Waals surface area contributed by atoms with Crippen molar-refractivity contribution in [2.75, 3.05) is 13.1 Å². The molecule has 1 aromatic heterocycles. The fourth-order valence-corrected chi connectivity index (χ4v) is 1.16. The lowest BCUT2D eigenvalue weighted by Gasteiger charge is -2.26. The molecule has 1 fully saturated rings. The van der Waals surface area contributed by atoms with Gasteiger partial charge in [0.05, 0.1) is 0 Å². The van der Waals surface area contributed by atoms with Gasteiger partial charge in [-0.1, -0.05) is 0 Å². The molecule has 1 aromatic rings. The molecule has 1 aliphatic heterocycles. The molecule has 1 aliphatic rings. The maximum atomic E-state index is 5.41. The molecule has 0 amide bonds. The van der Waals surface area contributed by atoms with Crippen LogP contribution in [0.5, 0.6) is 5.95 Å². The van der Waals surface area contributed by atoms with E-state index in [9.17, 15) is 0 Å². The summed E-state index contributed by atoms with van der Waals surface area (Å²) in [5.74, 6) is 0.586. The molecule has 2 heterocycles. The van der Waals surface area contributed by atoms with E-state index in [1.54, 1.807) is 0 Å². The summed E-state index contributed by atoms with van der Waals surface area (Å²) in [6.45, 7) is 1.83. The van der Waals surface area contributed by atoms with Crippen LogP contribution in [0.1, 0.15) is 0 Å². The molecule has 11 heavy (non-hydrogen) atoms. The number of hydrogen-bond donors (Lipinski definition) is 1. The van der Waals surface area contributed by atoms with Crippen molar-refractivity contribution in [3.05, 3.63) is 16.8 Å². The molecular formula is C7H8BrNO2. The first-order valence-electron chi connectivity index (χ1n) is 3.47. The van der Waals surface area contributed by atoms with Crippen molar-refractivity contribution in [3.8, 4) is 5.95 Å². The highest BCUT2D eigenvalue weighted by Crippen LogP contribution is 2.21.